The lowest BCUT2D eigenvalue weighted by Crippen LogP contribution is -2.71. The van der Waals surface area contributed by atoms with E-state index in [9.17, 15) is 32.7 Å². The second kappa shape index (κ2) is 10.7. The van der Waals surface area contributed by atoms with E-state index in [0.717, 1.165) is 28.0 Å². The molecule has 2 saturated heterocycles. The fourth-order valence-electron chi connectivity index (χ4n) is 4.22. The van der Waals surface area contributed by atoms with Gasteiger partial charge >= 0.3 is 5.97 Å². The number of amides is 3. The zero-order valence-electron chi connectivity index (χ0n) is 19.6. The van der Waals surface area contributed by atoms with Crippen LogP contribution in [0.15, 0.2) is 21.8 Å². The van der Waals surface area contributed by atoms with Gasteiger partial charge in [0.1, 0.15) is 29.9 Å². The van der Waals surface area contributed by atoms with Gasteiger partial charge in [0.2, 0.25) is 5.91 Å². The van der Waals surface area contributed by atoms with E-state index in [1.807, 2.05) is 0 Å². The predicted octanol–water partition coefficient (Wildman–Crippen LogP) is -1.15. The fourth-order valence-corrected chi connectivity index (χ4v) is 7.66. The van der Waals surface area contributed by atoms with Crippen molar-refractivity contribution >= 4 is 67.5 Å². The van der Waals surface area contributed by atoms with E-state index in [4.69, 9.17) is 10.6 Å². The molecule has 2 fully saturated rings. The monoisotopic (exact) mass is 572 g/mol. The smallest absolute Gasteiger partial charge is 0.352 e. The van der Waals surface area contributed by atoms with Crippen LogP contribution < -0.4 is 11.1 Å². The molecule has 4 rings (SSSR count). The molecular formula is C20H24N6O8S3. The van der Waals surface area contributed by atoms with E-state index in [-0.39, 0.29) is 46.1 Å². The second-order valence-electron chi connectivity index (χ2n) is 8.39. The van der Waals surface area contributed by atoms with Crippen molar-refractivity contribution in [3.05, 3.63) is 22.3 Å². The number of rotatable bonds is 10. The molecule has 0 aliphatic carbocycles. The van der Waals surface area contributed by atoms with E-state index >= 15 is 0 Å². The Morgan fingerprint density at radius 1 is 1.38 bits per heavy atom. The number of hydrogen-bond acceptors (Lipinski definition) is 12. The van der Waals surface area contributed by atoms with Crippen LogP contribution in [0.25, 0.3) is 0 Å². The minimum Gasteiger partial charge on any atom is -0.477 e. The first-order chi connectivity index (χ1) is 17.5. The Morgan fingerprint density at radius 2 is 2.14 bits per heavy atom. The average molecular weight is 573 g/mol. The van der Waals surface area contributed by atoms with Crippen molar-refractivity contribution in [2.24, 2.45) is 5.16 Å². The van der Waals surface area contributed by atoms with Crippen molar-refractivity contribution in [3.8, 4) is 0 Å². The standard InChI is InChI=1S/C20H24N6O8S3/c1-34-24-13(11-8-36-20(21)22-11)16(28)23-14-17(29)26-15(19(30)31)10(7-35-18(14)26)9-37(32,33)6-5-25-4-2-3-12(25)27/h8,14,18H,2-7,9H2,1H3,(H2,21,22)(H,23,28)(H,30,31)/b24-13-/t14?,18-/m1/s1. The number of nitrogen functional groups attached to an aromatic ring is 1. The highest BCUT2D eigenvalue weighted by atomic mass is 32.2. The van der Waals surface area contributed by atoms with Crippen molar-refractivity contribution in [2.75, 3.05) is 43.2 Å². The SMILES string of the molecule is CO/N=C(\C(=O)NC1C(=O)N2C(C(=O)O)=C(CS(=O)(=O)CCN3CCCC3=O)CS[C@H]12)c1csc(N)n1. The number of sulfone groups is 1. The van der Waals surface area contributed by atoms with Gasteiger partial charge in [-0.1, -0.05) is 5.16 Å². The summed E-state index contributed by atoms with van der Waals surface area (Å²) in [7, 11) is -2.52. The lowest BCUT2D eigenvalue weighted by atomic mass is 10.0. The minimum absolute atomic E-state index is 0.0337. The summed E-state index contributed by atoms with van der Waals surface area (Å²) in [6.45, 7) is 0.538. The van der Waals surface area contributed by atoms with Crippen LogP contribution in [0.2, 0.25) is 0 Å². The van der Waals surface area contributed by atoms with E-state index in [0.29, 0.717) is 19.4 Å². The van der Waals surface area contributed by atoms with E-state index < -0.39 is 50.5 Å². The largest absolute Gasteiger partial charge is 0.477 e. The number of carboxylic acid groups (broad SMARTS) is 1. The highest BCUT2D eigenvalue weighted by molar-refractivity contribution is 8.00. The number of anilines is 1. The molecule has 0 radical (unpaired) electrons. The Balaban J connectivity index is 1.47. The summed E-state index contributed by atoms with van der Waals surface area (Å²) in [5, 5.41) is 16.9. The number of oxime groups is 1. The summed E-state index contributed by atoms with van der Waals surface area (Å²) in [5.41, 5.74) is 5.23. The quantitative estimate of drug-likeness (QED) is 0.174. The van der Waals surface area contributed by atoms with Gasteiger partial charge in [0, 0.05) is 30.6 Å². The third kappa shape index (κ3) is 5.57. The van der Waals surface area contributed by atoms with E-state index in [2.05, 4.69) is 15.5 Å². The molecule has 37 heavy (non-hydrogen) atoms. The molecule has 4 heterocycles. The van der Waals surface area contributed by atoms with Crippen molar-refractivity contribution in [1.82, 2.24) is 20.1 Å². The highest BCUT2D eigenvalue weighted by Crippen LogP contribution is 2.40. The summed E-state index contributed by atoms with van der Waals surface area (Å²) in [4.78, 5) is 60.7. The van der Waals surface area contributed by atoms with E-state index in [1.54, 1.807) is 0 Å². The molecule has 3 aliphatic rings. The zero-order chi connectivity index (χ0) is 26.9. The molecule has 1 aromatic heterocycles. The number of aliphatic carboxylic acids is 1. The molecule has 0 aromatic carbocycles. The summed E-state index contributed by atoms with van der Waals surface area (Å²) in [5.74, 6) is -3.83. The lowest BCUT2D eigenvalue weighted by Gasteiger charge is -2.49. The van der Waals surface area contributed by atoms with Crippen molar-refractivity contribution in [1.29, 1.82) is 0 Å². The Morgan fingerprint density at radius 3 is 2.73 bits per heavy atom. The van der Waals surface area contributed by atoms with Crippen molar-refractivity contribution in [2.45, 2.75) is 24.3 Å². The van der Waals surface area contributed by atoms with E-state index in [1.165, 1.54) is 17.4 Å². The number of nitrogens with one attached hydrogen (secondary N) is 1. The van der Waals surface area contributed by atoms with Gasteiger partial charge in [-0.15, -0.1) is 23.1 Å². The van der Waals surface area contributed by atoms with Gasteiger partial charge < -0.3 is 25.9 Å². The average Bonchev–Trinajstić information content (AvgIpc) is 3.46. The first kappa shape index (κ1) is 26.9. The minimum atomic E-state index is -3.75. The lowest BCUT2D eigenvalue weighted by molar-refractivity contribution is -0.150. The number of hydrogen-bond donors (Lipinski definition) is 3. The summed E-state index contributed by atoms with van der Waals surface area (Å²) < 4.78 is 25.5. The van der Waals surface area contributed by atoms with Gasteiger partial charge in [-0.2, -0.15) is 0 Å². The number of aromatic nitrogens is 1. The van der Waals surface area contributed by atoms with Crippen LogP contribution in [-0.2, 0) is 33.9 Å². The molecular weight excluding hydrogens is 548 g/mol. The van der Waals surface area contributed by atoms with Gasteiger partial charge in [-0.25, -0.2) is 18.2 Å². The Kier molecular flexibility index (Phi) is 7.75. The number of carbonyl (C=O) groups excluding carboxylic acids is 3. The summed E-state index contributed by atoms with van der Waals surface area (Å²) in [6.07, 6.45) is 1.06. The fraction of sp³-hybridized carbons (Fsp3) is 0.500. The molecule has 200 valence electrons. The maximum absolute atomic E-state index is 12.9. The molecule has 0 bridgehead atoms. The molecule has 1 unspecified atom stereocenters. The normalized spacial score (nSPS) is 22.1. The molecule has 1 aromatic rings. The highest BCUT2D eigenvalue weighted by Gasteiger charge is 2.54. The van der Waals surface area contributed by atoms with Crippen LogP contribution in [0.4, 0.5) is 5.13 Å². The first-order valence-corrected chi connectivity index (χ1v) is 14.8. The molecule has 4 N–H and O–H groups in total. The summed E-state index contributed by atoms with van der Waals surface area (Å²) in [6, 6.07) is -1.07. The Labute approximate surface area is 219 Å². The molecule has 0 saturated carbocycles. The maximum Gasteiger partial charge on any atom is 0.352 e. The number of nitrogens with two attached hydrogens (primary N) is 1. The molecule has 17 heteroatoms. The van der Waals surface area contributed by atoms with Crippen molar-refractivity contribution < 1.29 is 37.5 Å². The Bertz CT molecular complexity index is 1310. The van der Waals surface area contributed by atoms with Crippen LogP contribution in [0.5, 0.6) is 0 Å². The molecule has 3 amide bonds. The maximum atomic E-state index is 12.9. The van der Waals surface area contributed by atoms with Crippen LogP contribution in [0.3, 0.4) is 0 Å². The summed E-state index contributed by atoms with van der Waals surface area (Å²) >= 11 is 2.22. The van der Waals surface area contributed by atoms with Crippen LogP contribution in [-0.4, -0.2) is 107 Å². The van der Waals surface area contributed by atoms with Crippen molar-refractivity contribution in [3.63, 3.8) is 0 Å². The van der Waals surface area contributed by atoms with Gasteiger partial charge in [0.05, 0.1) is 11.5 Å². The Hall–Kier alpha value is -3.18. The third-order valence-electron chi connectivity index (χ3n) is 5.94. The molecule has 0 spiro atoms. The number of thiazole rings is 1. The number of carbonyl (C=O) groups is 4. The first-order valence-electron chi connectivity index (χ1n) is 11.0. The van der Waals surface area contributed by atoms with Crippen LogP contribution >= 0.6 is 23.1 Å². The number of β-lactam (4-membered cyclic amide) rings is 1. The van der Waals surface area contributed by atoms with Gasteiger partial charge in [-0.05, 0) is 12.0 Å². The second-order valence-corrected chi connectivity index (χ2v) is 12.6. The predicted molar refractivity (Wildman–Crippen MR) is 134 cm³/mol. The number of fused-ring (bicyclic) bond motifs is 1. The van der Waals surface area contributed by atoms with Gasteiger partial charge in [0.25, 0.3) is 11.8 Å². The van der Waals surface area contributed by atoms with Crippen LogP contribution in [0.1, 0.15) is 18.5 Å². The molecule has 14 nitrogen and oxygen atoms in total. The topological polar surface area (TPSA) is 202 Å². The third-order valence-corrected chi connectivity index (χ3v) is 9.54. The number of carboxylic acids is 1. The van der Waals surface area contributed by atoms with Crippen LogP contribution in [0, 0.1) is 0 Å². The number of nitrogens with zero attached hydrogens (tertiary/aromatic N) is 4. The zero-order valence-corrected chi connectivity index (χ0v) is 22.0. The molecule has 3 aliphatic heterocycles. The number of likely N-dealkylation sites (tertiary alicyclic amines) is 1. The van der Waals surface area contributed by atoms with Gasteiger partial charge in [0.15, 0.2) is 20.7 Å². The van der Waals surface area contributed by atoms with Gasteiger partial charge in [-0.3, -0.25) is 19.3 Å². The molecule has 2 atom stereocenters. The number of thioether (sulfide) groups is 1.